The van der Waals surface area contributed by atoms with Crippen molar-refractivity contribution in [2.24, 2.45) is 0 Å². The molecule has 0 saturated carbocycles. The summed E-state index contributed by atoms with van der Waals surface area (Å²) in [7, 11) is 1.66. The van der Waals surface area contributed by atoms with Crippen molar-refractivity contribution in [3.05, 3.63) is 71.8 Å². The highest BCUT2D eigenvalue weighted by Gasteiger charge is 2.34. The first kappa shape index (κ1) is 25.5. The van der Waals surface area contributed by atoms with E-state index in [0.29, 0.717) is 29.5 Å². The summed E-state index contributed by atoms with van der Waals surface area (Å²) in [5.41, 5.74) is 2.05. The minimum Gasteiger partial charge on any atom is -0.484 e. The first-order valence-electron chi connectivity index (χ1n) is 11.7. The van der Waals surface area contributed by atoms with Gasteiger partial charge >= 0.3 is 6.18 Å². The number of nitrogens with zero attached hydrogens (tertiary/aromatic N) is 1. The molecule has 190 valence electrons. The number of fused-ring (bicyclic) bond motifs is 2. The number of hydrogen-bond acceptors (Lipinski definition) is 4. The molecule has 36 heavy (non-hydrogen) atoms. The van der Waals surface area contributed by atoms with Crippen molar-refractivity contribution in [3.63, 3.8) is 0 Å². The molecule has 1 aliphatic rings. The number of hydrogen-bond donors (Lipinski definition) is 2. The monoisotopic (exact) mass is 499 g/mol. The van der Waals surface area contributed by atoms with Gasteiger partial charge in [-0.05, 0) is 55.3 Å². The van der Waals surface area contributed by atoms with Crippen LogP contribution in [0.5, 0.6) is 5.75 Å². The lowest BCUT2D eigenvalue weighted by Gasteiger charge is -2.28. The number of para-hydroxylation sites is 1. The summed E-state index contributed by atoms with van der Waals surface area (Å²) >= 11 is 0. The predicted molar refractivity (Wildman–Crippen MR) is 132 cm³/mol. The Hall–Kier alpha value is -3.59. The molecule has 0 fully saturated rings. The Labute approximate surface area is 207 Å². The molecule has 9 heteroatoms. The second-order valence-electron chi connectivity index (χ2n) is 8.83. The molecule has 0 radical (unpaired) electrons. The van der Waals surface area contributed by atoms with Crippen LogP contribution in [0.3, 0.4) is 0 Å². The maximum atomic E-state index is 13.8. The maximum absolute atomic E-state index is 13.8. The van der Waals surface area contributed by atoms with Crippen LogP contribution in [0.2, 0.25) is 0 Å². The number of carbonyl (C=O) groups is 2. The molecule has 3 aromatic carbocycles. The molecule has 1 aliphatic heterocycles. The maximum Gasteiger partial charge on any atom is 0.422 e. The molecule has 2 amide bonds. The second-order valence-corrected chi connectivity index (χ2v) is 8.83. The van der Waals surface area contributed by atoms with Crippen LogP contribution < -0.4 is 20.3 Å². The Balaban J connectivity index is 1.76. The van der Waals surface area contributed by atoms with Gasteiger partial charge in [-0.25, -0.2) is 0 Å². The summed E-state index contributed by atoms with van der Waals surface area (Å²) in [5.74, 6) is -0.572. The van der Waals surface area contributed by atoms with Gasteiger partial charge in [-0.1, -0.05) is 48.5 Å². The van der Waals surface area contributed by atoms with Crippen molar-refractivity contribution in [3.8, 4) is 5.75 Å². The van der Waals surface area contributed by atoms with Gasteiger partial charge in [0.15, 0.2) is 6.61 Å². The van der Waals surface area contributed by atoms with E-state index in [0.717, 1.165) is 10.9 Å². The van der Waals surface area contributed by atoms with Crippen molar-refractivity contribution < 1.29 is 27.5 Å². The summed E-state index contributed by atoms with van der Waals surface area (Å²) in [5, 5.41) is 7.20. The van der Waals surface area contributed by atoms with Gasteiger partial charge in [-0.3, -0.25) is 9.59 Å². The first-order chi connectivity index (χ1) is 17.2. The van der Waals surface area contributed by atoms with E-state index in [-0.39, 0.29) is 24.1 Å². The minimum absolute atomic E-state index is 0.0155. The van der Waals surface area contributed by atoms with Crippen LogP contribution in [0.1, 0.15) is 24.5 Å². The van der Waals surface area contributed by atoms with Gasteiger partial charge in [0.05, 0.1) is 12.6 Å². The highest BCUT2D eigenvalue weighted by atomic mass is 19.4. The smallest absolute Gasteiger partial charge is 0.422 e. The predicted octanol–water partition coefficient (Wildman–Crippen LogP) is 4.35. The molecule has 1 heterocycles. The van der Waals surface area contributed by atoms with Crippen molar-refractivity contribution in [2.45, 2.75) is 44.6 Å². The molecule has 0 spiro atoms. The molecule has 4 rings (SSSR count). The number of benzene rings is 3. The average Bonchev–Trinajstić information content (AvgIpc) is 2.99. The second kappa shape index (κ2) is 10.6. The molecule has 2 N–H and O–H groups in total. The summed E-state index contributed by atoms with van der Waals surface area (Å²) in [6.45, 7) is 0.241. The van der Waals surface area contributed by atoms with Crippen LogP contribution >= 0.6 is 0 Å². The van der Waals surface area contributed by atoms with E-state index < -0.39 is 24.9 Å². The van der Waals surface area contributed by atoms with E-state index in [2.05, 4.69) is 10.6 Å². The Kier molecular flexibility index (Phi) is 7.49. The van der Waals surface area contributed by atoms with Gasteiger partial charge < -0.3 is 20.3 Å². The largest absolute Gasteiger partial charge is 0.484 e. The van der Waals surface area contributed by atoms with Crippen molar-refractivity contribution >= 4 is 28.3 Å². The number of anilines is 1. The number of alkyl halides is 3. The van der Waals surface area contributed by atoms with Crippen LogP contribution in [0.25, 0.3) is 10.8 Å². The number of carbonyl (C=O) groups excluding carboxylic acids is 2. The van der Waals surface area contributed by atoms with Gasteiger partial charge in [0, 0.05) is 11.3 Å². The molecule has 0 bridgehead atoms. The van der Waals surface area contributed by atoms with Crippen molar-refractivity contribution in [1.82, 2.24) is 10.6 Å². The lowest BCUT2D eigenvalue weighted by Crippen LogP contribution is -2.52. The Morgan fingerprint density at radius 2 is 1.83 bits per heavy atom. The Morgan fingerprint density at radius 3 is 2.58 bits per heavy atom. The Morgan fingerprint density at radius 1 is 1.11 bits per heavy atom. The number of aryl methyl sites for hydroxylation is 1. The standard InChI is InChI=1S/C27H28F3N3O3/c1-17(31-2)25(34)32-22-13-11-19-8-4-6-10-23(19)33(26(22)35)15-21-20-9-5-3-7-18(20)12-14-24(21)36-16-27(28,29)30/h3-10,12,14,17,22,31H,11,13,15-16H2,1-2H3,(H,32,34). The van der Waals surface area contributed by atoms with E-state index in [1.54, 1.807) is 37.1 Å². The highest BCUT2D eigenvalue weighted by Crippen LogP contribution is 2.34. The van der Waals surface area contributed by atoms with Crippen LogP contribution in [-0.2, 0) is 22.6 Å². The molecule has 2 atom stereocenters. The highest BCUT2D eigenvalue weighted by molar-refractivity contribution is 6.01. The zero-order chi connectivity index (χ0) is 25.9. The molecular weight excluding hydrogens is 471 g/mol. The van der Waals surface area contributed by atoms with E-state index in [9.17, 15) is 22.8 Å². The van der Waals surface area contributed by atoms with Gasteiger partial charge in [-0.15, -0.1) is 0 Å². The fraction of sp³-hybridized carbons (Fsp3) is 0.333. The number of nitrogens with one attached hydrogen (secondary N) is 2. The van der Waals surface area contributed by atoms with Gasteiger partial charge in [0.1, 0.15) is 11.8 Å². The zero-order valence-electron chi connectivity index (χ0n) is 20.1. The zero-order valence-corrected chi connectivity index (χ0v) is 20.1. The lowest BCUT2D eigenvalue weighted by atomic mass is 10.0. The third-order valence-corrected chi connectivity index (χ3v) is 6.40. The number of amides is 2. The molecule has 0 saturated heterocycles. The normalized spacial score (nSPS) is 16.9. The fourth-order valence-corrected chi connectivity index (χ4v) is 4.37. The fourth-order valence-electron chi connectivity index (χ4n) is 4.37. The van der Waals surface area contributed by atoms with E-state index in [1.807, 2.05) is 36.4 Å². The number of rotatable bonds is 7. The van der Waals surface area contributed by atoms with E-state index in [1.165, 1.54) is 6.07 Å². The first-order valence-corrected chi connectivity index (χ1v) is 11.7. The average molecular weight is 500 g/mol. The van der Waals surface area contributed by atoms with E-state index >= 15 is 0 Å². The van der Waals surface area contributed by atoms with Crippen LogP contribution in [-0.4, -0.2) is 43.7 Å². The van der Waals surface area contributed by atoms with Crippen molar-refractivity contribution in [1.29, 1.82) is 0 Å². The van der Waals surface area contributed by atoms with Crippen LogP contribution in [0.4, 0.5) is 18.9 Å². The summed E-state index contributed by atoms with van der Waals surface area (Å²) in [6.07, 6.45) is -3.54. The quantitative estimate of drug-likeness (QED) is 0.507. The Bertz CT molecular complexity index is 1260. The third-order valence-electron chi connectivity index (χ3n) is 6.40. The SMILES string of the molecule is CNC(C)C(=O)NC1CCc2ccccc2N(Cc2c(OCC(F)(F)F)ccc3ccccc23)C1=O. The topological polar surface area (TPSA) is 70.7 Å². The summed E-state index contributed by atoms with van der Waals surface area (Å²) in [4.78, 5) is 27.9. The lowest BCUT2D eigenvalue weighted by molar-refractivity contribution is -0.153. The van der Waals surface area contributed by atoms with E-state index in [4.69, 9.17) is 4.74 Å². The summed E-state index contributed by atoms with van der Waals surface area (Å²) in [6, 6.07) is 16.6. The molecule has 3 aromatic rings. The molecular formula is C27H28F3N3O3. The molecule has 2 unspecified atom stereocenters. The molecule has 6 nitrogen and oxygen atoms in total. The molecule has 0 aromatic heterocycles. The van der Waals surface area contributed by atoms with Gasteiger partial charge in [0.25, 0.3) is 0 Å². The third kappa shape index (κ3) is 5.62. The van der Waals surface area contributed by atoms with Gasteiger partial charge in [-0.2, -0.15) is 13.2 Å². The minimum atomic E-state index is -4.51. The van der Waals surface area contributed by atoms with Gasteiger partial charge in [0.2, 0.25) is 11.8 Å². The number of halogens is 3. The van der Waals surface area contributed by atoms with Crippen LogP contribution in [0.15, 0.2) is 60.7 Å². The number of ether oxygens (including phenoxy) is 1. The number of likely N-dealkylation sites (N-methyl/N-ethyl adjacent to an activating group) is 1. The molecule has 0 aliphatic carbocycles. The van der Waals surface area contributed by atoms with Crippen molar-refractivity contribution in [2.75, 3.05) is 18.6 Å². The van der Waals surface area contributed by atoms with Crippen LogP contribution in [0, 0.1) is 0 Å². The summed E-state index contributed by atoms with van der Waals surface area (Å²) < 4.78 is 44.2.